The lowest BCUT2D eigenvalue weighted by molar-refractivity contribution is -0.127. The van der Waals surface area contributed by atoms with Crippen LogP contribution in [-0.4, -0.2) is 33.7 Å². The van der Waals surface area contributed by atoms with Gasteiger partial charge in [0.2, 0.25) is 5.91 Å². The zero-order valence-corrected chi connectivity index (χ0v) is 15.3. The van der Waals surface area contributed by atoms with Gasteiger partial charge in [0.15, 0.2) is 0 Å². The molecular weight excluding hydrogens is 340 g/mol. The zero-order chi connectivity index (χ0) is 18.5. The third kappa shape index (κ3) is 4.28. The quantitative estimate of drug-likeness (QED) is 0.730. The van der Waals surface area contributed by atoms with Gasteiger partial charge in [0, 0.05) is 25.5 Å². The Balaban J connectivity index is 1.36. The van der Waals surface area contributed by atoms with Crippen LogP contribution in [0.15, 0.2) is 65.5 Å². The van der Waals surface area contributed by atoms with E-state index in [4.69, 9.17) is 4.42 Å². The molecule has 1 N–H and O–H groups in total. The largest absolute Gasteiger partial charge is 0.468 e. The lowest BCUT2D eigenvalue weighted by Crippen LogP contribution is -2.42. The minimum Gasteiger partial charge on any atom is -0.468 e. The highest BCUT2D eigenvalue weighted by Crippen LogP contribution is 2.20. The van der Waals surface area contributed by atoms with Crippen molar-refractivity contribution in [3.05, 3.63) is 72.4 Å². The predicted molar refractivity (Wildman–Crippen MR) is 102 cm³/mol. The fourth-order valence-electron chi connectivity index (χ4n) is 3.66. The van der Waals surface area contributed by atoms with Crippen molar-refractivity contribution in [2.75, 3.05) is 13.1 Å². The maximum absolute atomic E-state index is 12.7. The van der Waals surface area contributed by atoms with Crippen LogP contribution in [0.5, 0.6) is 0 Å². The minimum atomic E-state index is 0.0191. The second-order valence-electron chi connectivity index (χ2n) is 6.95. The van der Waals surface area contributed by atoms with Gasteiger partial charge < -0.3 is 9.73 Å². The van der Waals surface area contributed by atoms with Gasteiger partial charge >= 0.3 is 0 Å². The lowest BCUT2D eigenvalue weighted by Gasteiger charge is -2.31. The maximum atomic E-state index is 12.7. The van der Waals surface area contributed by atoms with E-state index in [1.54, 1.807) is 12.5 Å². The molecule has 0 spiro atoms. The Morgan fingerprint density at radius 3 is 2.96 bits per heavy atom. The van der Waals surface area contributed by atoms with Gasteiger partial charge in [0.05, 0.1) is 24.4 Å². The molecule has 6 heteroatoms. The van der Waals surface area contributed by atoms with Gasteiger partial charge in [-0.1, -0.05) is 18.2 Å². The molecule has 3 aromatic rings. The van der Waals surface area contributed by atoms with E-state index in [-0.39, 0.29) is 11.8 Å². The van der Waals surface area contributed by atoms with Crippen LogP contribution in [0.4, 0.5) is 0 Å². The number of para-hydroxylation sites is 1. The fraction of sp³-hybridized carbons (Fsp3) is 0.333. The normalized spacial score (nSPS) is 17.7. The highest BCUT2D eigenvalue weighted by atomic mass is 16.3. The molecule has 0 aliphatic carbocycles. The first-order chi connectivity index (χ1) is 13.3. The van der Waals surface area contributed by atoms with E-state index in [0.717, 1.165) is 49.5 Å². The standard InChI is InChI=1S/C21H24N4O2/c26-21(18-7-3-11-24(15-18)16-19-8-4-13-27-19)22-14-17-6-1-2-9-20(17)25-12-5-10-23-25/h1-2,4-6,8-10,12-13,18H,3,7,11,14-16H2,(H,22,26)/t18-/m0/s1. The number of carbonyl (C=O) groups is 1. The molecule has 0 unspecified atom stereocenters. The van der Waals surface area contributed by atoms with E-state index in [2.05, 4.69) is 15.3 Å². The van der Waals surface area contributed by atoms with Crippen molar-refractivity contribution in [2.24, 2.45) is 5.92 Å². The summed E-state index contributed by atoms with van der Waals surface area (Å²) in [5.74, 6) is 1.09. The summed E-state index contributed by atoms with van der Waals surface area (Å²) in [5, 5.41) is 7.42. The SMILES string of the molecule is O=C(NCc1ccccc1-n1cccn1)[C@H]1CCCN(Cc2ccco2)C1. The Morgan fingerprint density at radius 2 is 2.15 bits per heavy atom. The Kier molecular flexibility index (Phi) is 5.34. The molecule has 1 fully saturated rings. The molecule has 1 saturated heterocycles. The van der Waals surface area contributed by atoms with E-state index in [1.165, 1.54) is 0 Å². The van der Waals surface area contributed by atoms with Crippen LogP contribution in [0.3, 0.4) is 0 Å². The van der Waals surface area contributed by atoms with Crippen molar-refractivity contribution >= 4 is 5.91 Å². The number of amides is 1. The predicted octanol–water partition coefficient (Wildman–Crippen LogP) is 2.99. The molecule has 0 radical (unpaired) electrons. The summed E-state index contributed by atoms with van der Waals surface area (Å²) in [5.41, 5.74) is 2.05. The summed E-state index contributed by atoms with van der Waals surface area (Å²) in [4.78, 5) is 15.0. The van der Waals surface area contributed by atoms with Crippen LogP contribution >= 0.6 is 0 Å². The molecule has 1 aliphatic rings. The average Bonchev–Trinajstić information content (AvgIpc) is 3.41. The molecule has 0 saturated carbocycles. The third-order valence-corrected chi connectivity index (χ3v) is 5.03. The Morgan fingerprint density at radius 1 is 1.22 bits per heavy atom. The van der Waals surface area contributed by atoms with Crippen LogP contribution in [0, 0.1) is 5.92 Å². The topological polar surface area (TPSA) is 63.3 Å². The Hall–Kier alpha value is -2.86. The number of likely N-dealkylation sites (tertiary alicyclic amines) is 1. The molecule has 0 bridgehead atoms. The number of aromatic nitrogens is 2. The summed E-state index contributed by atoms with van der Waals surface area (Å²) < 4.78 is 7.26. The molecule has 140 valence electrons. The van der Waals surface area contributed by atoms with Gasteiger partial charge in [0.25, 0.3) is 0 Å². The maximum Gasteiger partial charge on any atom is 0.224 e. The van der Waals surface area contributed by atoms with E-state index in [1.807, 2.05) is 53.3 Å². The van der Waals surface area contributed by atoms with E-state index in [0.29, 0.717) is 6.54 Å². The van der Waals surface area contributed by atoms with Gasteiger partial charge in [-0.25, -0.2) is 4.68 Å². The average molecular weight is 364 g/mol. The summed E-state index contributed by atoms with van der Waals surface area (Å²) in [6, 6.07) is 13.8. The smallest absolute Gasteiger partial charge is 0.224 e. The third-order valence-electron chi connectivity index (χ3n) is 5.03. The second kappa shape index (κ2) is 8.22. The van der Waals surface area contributed by atoms with Crippen LogP contribution in [0.1, 0.15) is 24.2 Å². The van der Waals surface area contributed by atoms with Crippen LogP contribution in [-0.2, 0) is 17.9 Å². The van der Waals surface area contributed by atoms with Gasteiger partial charge in [-0.3, -0.25) is 9.69 Å². The van der Waals surface area contributed by atoms with E-state index >= 15 is 0 Å². The Labute approximate surface area is 158 Å². The number of hydrogen-bond donors (Lipinski definition) is 1. The molecule has 6 nitrogen and oxygen atoms in total. The first-order valence-corrected chi connectivity index (χ1v) is 9.40. The monoisotopic (exact) mass is 364 g/mol. The molecule has 1 aromatic carbocycles. The number of benzene rings is 1. The van der Waals surface area contributed by atoms with Gasteiger partial charge in [0.1, 0.15) is 5.76 Å². The highest BCUT2D eigenvalue weighted by Gasteiger charge is 2.26. The number of piperidine rings is 1. The van der Waals surface area contributed by atoms with Crippen molar-refractivity contribution in [3.8, 4) is 5.69 Å². The number of carbonyl (C=O) groups excluding carboxylic acids is 1. The van der Waals surface area contributed by atoms with Crippen LogP contribution < -0.4 is 5.32 Å². The van der Waals surface area contributed by atoms with Crippen molar-refractivity contribution in [1.82, 2.24) is 20.0 Å². The molecular formula is C21H24N4O2. The van der Waals surface area contributed by atoms with Crippen molar-refractivity contribution in [1.29, 1.82) is 0 Å². The van der Waals surface area contributed by atoms with Crippen LogP contribution in [0.2, 0.25) is 0 Å². The number of hydrogen-bond acceptors (Lipinski definition) is 4. The van der Waals surface area contributed by atoms with E-state index in [9.17, 15) is 4.79 Å². The summed E-state index contributed by atoms with van der Waals surface area (Å²) in [6.45, 7) is 3.04. The molecule has 27 heavy (non-hydrogen) atoms. The molecule has 4 rings (SSSR count). The number of nitrogens with one attached hydrogen (secondary N) is 1. The second-order valence-corrected chi connectivity index (χ2v) is 6.95. The summed E-state index contributed by atoms with van der Waals surface area (Å²) >= 11 is 0. The van der Waals surface area contributed by atoms with Gasteiger partial charge in [-0.05, 0) is 49.2 Å². The van der Waals surface area contributed by atoms with Crippen molar-refractivity contribution in [2.45, 2.75) is 25.9 Å². The van der Waals surface area contributed by atoms with Crippen LogP contribution in [0.25, 0.3) is 5.69 Å². The van der Waals surface area contributed by atoms with Crippen molar-refractivity contribution < 1.29 is 9.21 Å². The first kappa shape index (κ1) is 17.5. The summed E-state index contributed by atoms with van der Waals surface area (Å²) in [7, 11) is 0. The van der Waals surface area contributed by atoms with Gasteiger partial charge in [-0.2, -0.15) is 5.10 Å². The number of rotatable bonds is 6. The molecule has 3 heterocycles. The fourth-order valence-corrected chi connectivity index (χ4v) is 3.66. The Bertz CT molecular complexity index is 858. The highest BCUT2D eigenvalue weighted by molar-refractivity contribution is 5.79. The van der Waals surface area contributed by atoms with E-state index < -0.39 is 0 Å². The first-order valence-electron chi connectivity index (χ1n) is 9.40. The number of furan rings is 1. The molecule has 1 atom stereocenters. The molecule has 2 aromatic heterocycles. The molecule has 1 aliphatic heterocycles. The molecule has 1 amide bonds. The lowest BCUT2D eigenvalue weighted by atomic mass is 9.97. The van der Waals surface area contributed by atoms with Crippen molar-refractivity contribution in [3.63, 3.8) is 0 Å². The summed E-state index contributed by atoms with van der Waals surface area (Å²) in [6.07, 6.45) is 7.32. The number of nitrogens with zero attached hydrogens (tertiary/aromatic N) is 3. The minimum absolute atomic E-state index is 0.0191. The van der Waals surface area contributed by atoms with Gasteiger partial charge in [-0.15, -0.1) is 0 Å². The zero-order valence-electron chi connectivity index (χ0n) is 15.3.